The molecule has 0 radical (unpaired) electrons. The summed E-state index contributed by atoms with van der Waals surface area (Å²) in [6.07, 6.45) is 0.972. The molecule has 142 valence electrons. The van der Waals surface area contributed by atoms with E-state index in [1.165, 1.54) is 4.90 Å². The number of nitrogens with zero attached hydrogens (tertiary/aromatic N) is 1. The number of hydrogen-bond donors (Lipinski definition) is 1. The molecule has 0 aliphatic carbocycles. The van der Waals surface area contributed by atoms with Crippen LogP contribution in [0, 0.1) is 0 Å². The van der Waals surface area contributed by atoms with Gasteiger partial charge in [-0.1, -0.05) is 48.5 Å². The third-order valence-electron chi connectivity index (χ3n) is 4.64. The number of para-hydroxylation sites is 1. The number of rotatable bonds is 6. The van der Waals surface area contributed by atoms with Crippen LogP contribution in [0.1, 0.15) is 24.0 Å². The molecular weight excluding hydrogens is 344 g/mol. The van der Waals surface area contributed by atoms with E-state index in [2.05, 4.69) is 5.32 Å². The molecule has 2 aromatic carbocycles. The highest BCUT2D eigenvalue weighted by atomic mass is 16.6. The Morgan fingerprint density at radius 2 is 1.85 bits per heavy atom. The zero-order valence-electron chi connectivity index (χ0n) is 15.4. The molecule has 3 rings (SSSR count). The van der Waals surface area contributed by atoms with Gasteiger partial charge in [0.2, 0.25) is 5.91 Å². The summed E-state index contributed by atoms with van der Waals surface area (Å²) in [4.78, 5) is 26.5. The minimum atomic E-state index is -0.497. The Labute approximate surface area is 159 Å². The molecule has 1 aliphatic heterocycles. The largest absolute Gasteiger partial charge is 0.496 e. The number of ether oxygens (including phenoxy) is 2. The van der Waals surface area contributed by atoms with Crippen molar-refractivity contribution in [2.75, 3.05) is 13.7 Å². The van der Waals surface area contributed by atoms with Gasteiger partial charge in [0.15, 0.2) is 0 Å². The van der Waals surface area contributed by atoms with Gasteiger partial charge in [0.05, 0.1) is 7.11 Å². The molecule has 0 aromatic heterocycles. The van der Waals surface area contributed by atoms with E-state index in [4.69, 9.17) is 9.47 Å². The van der Waals surface area contributed by atoms with Crippen LogP contribution in [0.5, 0.6) is 5.75 Å². The number of nitrogens with one attached hydrogen (secondary N) is 1. The van der Waals surface area contributed by atoms with E-state index in [1.54, 1.807) is 7.11 Å². The number of amides is 2. The van der Waals surface area contributed by atoms with Crippen molar-refractivity contribution < 1.29 is 19.1 Å². The van der Waals surface area contributed by atoms with Crippen LogP contribution >= 0.6 is 0 Å². The number of hydrogen-bond acceptors (Lipinski definition) is 4. The van der Waals surface area contributed by atoms with Crippen molar-refractivity contribution in [1.82, 2.24) is 10.2 Å². The van der Waals surface area contributed by atoms with Gasteiger partial charge in [-0.2, -0.15) is 0 Å². The normalized spacial score (nSPS) is 16.0. The van der Waals surface area contributed by atoms with Gasteiger partial charge in [-0.05, 0) is 24.5 Å². The summed E-state index contributed by atoms with van der Waals surface area (Å²) in [7, 11) is 1.60. The van der Waals surface area contributed by atoms with Crippen LogP contribution in [0.3, 0.4) is 0 Å². The highest BCUT2D eigenvalue weighted by Gasteiger charge is 2.35. The van der Waals surface area contributed by atoms with Crippen LogP contribution < -0.4 is 10.1 Å². The fourth-order valence-electron chi connectivity index (χ4n) is 3.21. The predicted molar refractivity (Wildman–Crippen MR) is 101 cm³/mol. The van der Waals surface area contributed by atoms with E-state index in [0.29, 0.717) is 19.5 Å². The second-order valence-electron chi connectivity index (χ2n) is 6.42. The fourth-order valence-corrected chi connectivity index (χ4v) is 3.21. The Balaban J connectivity index is 1.55. The zero-order valence-corrected chi connectivity index (χ0v) is 15.4. The molecule has 2 amide bonds. The van der Waals surface area contributed by atoms with Crippen LogP contribution in [-0.4, -0.2) is 36.6 Å². The molecule has 1 aliphatic rings. The van der Waals surface area contributed by atoms with Crippen molar-refractivity contribution in [3.8, 4) is 5.75 Å². The van der Waals surface area contributed by atoms with Gasteiger partial charge in [-0.15, -0.1) is 0 Å². The van der Waals surface area contributed by atoms with Gasteiger partial charge < -0.3 is 14.8 Å². The summed E-state index contributed by atoms with van der Waals surface area (Å²) in [5.41, 5.74) is 1.81. The Bertz CT molecular complexity index is 779. The van der Waals surface area contributed by atoms with E-state index < -0.39 is 12.1 Å². The molecule has 27 heavy (non-hydrogen) atoms. The summed E-state index contributed by atoms with van der Waals surface area (Å²) in [6.45, 7) is 1.08. The van der Waals surface area contributed by atoms with Crippen molar-refractivity contribution in [3.63, 3.8) is 0 Å². The first-order valence-electron chi connectivity index (χ1n) is 9.06. The van der Waals surface area contributed by atoms with E-state index in [1.807, 2.05) is 54.6 Å². The van der Waals surface area contributed by atoms with Gasteiger partial charge in [0, 0.05) is 18.7 Å². The molecular formula is C21H24N2O4. The molecule has 1 unspecified atom stereocenters. The first kappa shape index (κ1) is 18.8. The molecule has 0 spiro atoms. The Kier molecular flexibility index (Phi) is 6.30. The van der Waals surface area contributed by atoms with Gasteiger partial charge >= 0.3 is 6.09 Å². The minimum absolute atomic E-state index is 0.171. The smallest absolute Gasteiger partial charge is 0.410 e. The van der Waals surface area contributed by atoms with E-state index in [-0.39, 0.29) is 12.5 Å². The lowest BCUT2D eigenvalue weighted by Gasteiger charge is -2.23. The monoisotopic (exact) mass is 368 g/mol. The van der Waals surface area contributed by atoms with Crippen LogP contribution in [-0.2, 0) is 22.7 Å². The lowest BCUT2D eigenvalue weighted by Crippen LogP contribution is -2.45. The van der Waals surface area contributed by atoms with Gasteiger partial charge in [0.25, 0.3) is 0 Å². The van der Waals surface area contributed by atoms with Crippen LogP contribution in [0.25, 0.3) is 0 Å². The molecule has 6 heteroatoms. The molecule has 1 saturated heterocycles. The highest BCUT2D eigenvalue weighted by Crippen LogP contribution is 2.20. The van der Waals surface area contributed by atoms with E-state index in [0.717, 1.165) is 23.3 Å². The van der Waals surface area contributed by atoms with Crippen molar-refractivity contribution in [1.29, 1.82) is 0 Å². The van der Waals surface area contributed by atoms with Crippen LogP contribution in [0.4, 0.5) is 4.79 Å². The molecule has 1 atom stereocenters. The first-order valence-corrected chi connectivity index (χ1v) is 9.06. The molecule has 1 N–H and O–H groups in total. The number of likely N-dealkylation sites (tertiary alicyclic amines) is 1. The summed E-state index contributed by atoms with van der Waals surface area (Å²) in [5.74, 6) is 0.554. The van der Waals surface area contributed by atoms with E-state index >= 15 is 0 Å². The Hall–Kier alpha value is -3.02. The quantitative estimate of drug-likeness (QED) is 0.851. The number of benzene rings is 2. The Morgan fingerprint density at radius 3 is 2.63 bits per heavy atom. The van der Waals surface area contributed by atoms with Gasteiger partial charge in [0.1, 0.15) is 18.4 Å². The predicted octanol–water partition coefficient (Wildman–Crippen LogP) is 3.11. The lowest BCUT2D eigenvalue weighted by atomic mass is 10.1. The molecule has 2 aromatic rings. The topological polar surface area (TPSA) is 67.9 Å². The summed E-state index contributed by atoms with van der Waals surface area (Å²) < 4.78 is 10.7. The summed E-state index contributed by atoms with van der Waals surface area (Å²) >= 11 is 0. The first-order chi connectivity index (χ1) is 13.2. The third-order valence-corrected chi connectivity index (χ3v) is 4.64. The summed E-state index contributed by atoms with van der Waals surface area (Å²) in [5, 5.41) is 2.91. The summed E-state index contributed by atoms with van der Waals surface area (Å²) in [6, 6.07) is 16.5. The Morgan fingerprint density at radius 1 is 1.11 bits per heavy atom. The second kappa shape index (κ2) is 9.07. The minimum Gasteiger partial charge on any atom is -0.496 e. The molecule has 0 bridgehead atoms. The number of carbonyl (C=O) groups is 2. The fraction of sp³-hybridized carbons (Fsp3) is 0.333. The van der Waals surface area contributed by atoms with Crippen molar-refractivity contribution in [2.24, 2.45) is 0 Å². The molecule has 6 nitrogen and oxygen atoms in total. The number of methoxy groups -OCH3 is 1. The van der Waals surface area contributed by atoms with Crippen LogP contribution in [0.15, 0.2) is 54.6 Å². The van der Waals surface area contributed by atoms with Crippen molar-refractivity contribution in [2.45, 2.75) is 32.0 Å². The highest BCUT2D eigenvalue weighted by molar-refractivity contribution is 5.86. The van der Waals surface area contributed by atoms with Crippen molar-refractivity contribution in [3.05, 3.63) is 65.7 Å². The van der Waals surface area contributed by atoms with Gasteiger partial charge in [-0.25, -0.2) is 4.79 Å². The molecule has 1 heterocycles. The van der Waals surface area contributed by atoms with E-state index in [9.17, 15) is 9.59 Å². The maximum Gasteiger partial charge on any atom is 0.410 e. The third kappa shape index (κ3) is 4.78. The zero-order chi connectivity index (χ0) is 19.1. The average Bonchev–Trinajstić information content (AvgIpc) is 3.21. The standard InChI is InChI=1S/C21H24N2O4/c1-26-19-12-6-5-10-17(19)14-22-20(24)18-11-7-13-23(18)21(25)27-15-16-8-3-2-4-9-16/h2-6,8-10,12,18H,7,11,13-15H2,1H3,(H,22,24). The molecule has 1 fully saturated rings. The van der Waals surface area contributed by atoms with Gasteiger partial charge in [-0.3, -0.25) is 9.69 Å². The maximum atomic E-state index is 12.6. The SMILES string of the molecule is COc1ccccc1CNC(=O)C1CCCN1C(=O)OCc1ccccc1. The average molecular weight is 368 g/mol. The van der Waals surface area contributed by atoms with Crippen molar-refractivity contribution >= 4 is 12.0 Å². The lowest BCUT2D eigenvalue weighted by molar-refractivity contribution is -0.125. The second-order valence-corrected chi connectivity index (χ2v) is 6.42. The maximum absolute atomic E-state index is 12.6. The van der Waals surface area contributed by atoms with Crippen LogP contribution in [0.2, 0.25) is 0 Å². The number of carbonyl (C=O) groups excluding carboxylic acids is 2. The molecule has 0 saturated carbocycles.